The van der Waals surface area contributed by atoms with Gasteiger partial charge in [-0.2, -0.15) is 0 Å². The average molecular weight is 860 g/mol. The Hall–Kier alpha value is -0.650. The lowest BCUT2D eigenvalue weighted by Gasteiger charge is -2.35. The molecule has 1 heterocycles. The van der Waals surface area contributed by atoms with Crippen molar-refractivity contribution in [3.05, 3.63) is 0 Å². The predicted molar refractivity (Wildman–Crippen MR) is 273 cm³/mol. The maximum Gasteiger partial charge on any atom is 0.236 e. The van der Waals surface area contributed by atoms with Crippen molar-refractivity contribution < 1.29 is 4.79 Å². The van der Waals surface area contributed by atoms with E-state index < -0.39 is 0 Å². The van der Waals surface area contributed by atoms with Gasteiger partial charge in [0, 0.05) is 26.2 Å². The highest BCUT2D eigenvalue weighted by Gasteiger charge is 2.24. The van der Waals surface area contributed by atoms with Crippen LogP contribution in [0.3, 0.4) is 0 Å². The van der Waals surface area contributed by atoms with Crippen LogP contribution in [0.1, 0.15) is 279 Å². The number of rotatable bonds is 48. The summed E-state index contributed by atoms with van der Waals surface area (Å²) in [5.74, 6) is 1.18. The van der Waals surface area contributed by atoms with Crippen molar-refractivity contribution in [2.45, 2.75) is 279 Å². The van der Waals surface area contributed by atoms with E-state index in [1.54, 1.807) is 0 Å². The van der Waals surface area contributed by atoms with Gasteiger partial charge in [-0.15, -0.1) is 0 Å². The number of unbranched alkanes of at least 4 members (excludes halogenated alkanes) is 30. The van der Waals surface area contributed by atoms with Gasteiger partial charge < -0.3 is 14.7 Å². The fraction of sp³-hybridized carbons (Fsp3) is 0.982. The van der Waals surface area contributed by atoms with Gasteiger partial charge in [0.25, 0.3) is 0 Å². The number of nitrogens with zero attached hydrogens (tertiary/aromatic N) is 4. The first-order valence-electron chi connectivity index (χ1n) is 28.5. The number of piperidine rings is 1. The van der Waals surface area contributed by atoms with Gasteiger partial charge in [-0.3, -0.25) is 9.69 Å². The molecule has 5 heteroatoms. The molecule has 0 aromatic carbocycles. The second-order valence-electron chi connectivity index (χ2n) is 20.2. The van der Waals surface area contributed by atoms with E-state index in [9.17, 15) is 4.79 Å². The Balaban J connectivity index is 2.69. The maximum atomic E-state index is 13.8. The molecule has 1 aliphatic rings. The Morgan fingerprint density at radius 2 is 0.607 bits per heavy atom. The highest BCUT2D eigenvalue weighted by Crippen LogP contribution is 2.22. The summed E-state index contributed by atoms with van der Waals surface area (Å²) in [7, 11) is 0. The smallest absolute Gasteiger partial charge is 0.236 e. The zero-order chi connectivity index (χ0) is 44.1. The van der Waals surface area contributed by atoms with Crippen molar-refractivity contribution in [3.63, 3.8) is 0 Å². The second-order valence-corrected chi connectivity index (χ2v) is 20.2. The van der Waals surface area contributed by atoms with Gasteiger partial charge in [0.2, 0.25) is 5.91 Å². The maximum absolute atomic E-state index is 13.8. The lowest BCUT2D eigenvalue weighted by atomic mass is 9.93. The van der Waals surface area contributed by atoms with Crippen LogP contribution in [0.2, 0.25) is 0 Å². The molecule has 1 amide bonds. The molecule has 0 radical (unpaired) electrons. The Morgan fingerprint density at radius 3 is 0.918 bits per heavy atom. The third kappa shape index (κ3) is 37.3. The molecule has 0 aromatic rings. The molecule has 1 aliphatic heterocycles. The standard InChI is InChI=1S/C56H114N4O/c1-6-11-16-21-26-31-36-44-57(45-37-32-27-22-17-12-7-2)52-53-58(46-38-33-28-23-18-13-8-3)49-41-55-42-50-60(51-43-55)56(61)54-59(47-39-34-29-24-19-14-9-4)48-40-35-30-25-20-15-10-5/h55H,6-54H2,1-5H3. The van der Waals surface area contributed by atoms with Crippen molar-refractivity contribution in [1.82, 2.24) is 19.6 Å². The van der Waals surface area contributed by atoms with Gasteiger partial charge in [0.05, 0.1) is 6.54 Å². The Kier molecular flexibility index (Phi) is 43.9. The summed E-state index contributed by atoms with van der Waals surface area (Å²) in [4.78, 5) is 24.3. The number of hydrogen-bond acceptors (Lipinski definition) is 4. The van der Waals surface area contributed by atoms with Crippen molar-refractivity contribution in [1.29, 1.82) is 0 Å². The van der Waals surface area contributed by atoms with Crippen molar-refractivity contribution in [2.24, 2.45) is 5.92 Å². The van der Waals surface area contributed by atoms with Crippen molar-refractivity contribution in [2.75, 3.05) is 72.0 Å². The van der Waals surface area contributed by atoms with E-state index >= 15 is 0 Å². The molecule has 0 N–H and O–H groups in total. The lowest BCUT2D eigenvalue weighted by molar-refractivity contribution is -0.133. The fourth-order valence-corrected chi connectivity index (χ4v) is 9.81. The molecule has 5 nitrogen and oxygen atoms in total. The number of hydrogen-bond donors (Lipinski definition) is 0. The highest BCUT2D eigenvalue weighted by atomic mass is 16.2. The van der Waals surface area contributed by atoms with E-state index in [1.165, 1.54) is 283 Å². The number of carbonyl (C=O) groups excluding carboxylic acids is 1. The topological polar surface area (TPSA) is 30.0 Å². The summed E-state index contributed by atoms with van der Waals surface area (Å²) in [6.45, 7) is 24.1. The molecule has 0 saturated carbocycles. The van der Waals surface area contributed by atoms with Crippen LogP contribution in [-0.4, -0.2) is 97.5 Å². The Labute approximate surface area is 385 Å². The van der Waals surface area contributed by atoms with Crippen LogP contribution < -0.4 is 0 Å². The quantitative estimate of drug-likeness (QED) is 0.0570. The number of amides is 1. The van der Waals surface area contributed by atoms with Crippen LogP contribution in [0.15, 0.2) is 0 Å². The van der Waals surface area contributed by atoms with E-state index in [4.69, 9.17) is 0 Å². The number of likely N-dealkylation sites (tertiary alicyclic amines) is 1. The van der Waals surface area contributed by atoms with Crippen LogP contribution >= 0.6 is 0 Å². The van der Waals surface area contributed by atoms with Gasteiger partial charge in [0.15, 0.2) is 0 Å². The molecule has 0 bridgehead atoms. The minimum atomic E-state index is 0.409. The molecule has 1 saturated heterocycles. The summed E-state index contributed by atoms with van der Waals surface area (Å²) in [6.07, 6.45) is 52.0. The summed E-state index contributed by atoms with van der Waals surface area (Å²) in [6, 6.07) is 0. The summed E-state index contributed by atoms with van der Waals surface area (Å²) in [5.41, 5.74) is 0. The zero-order valence-corrected chi connectivity index (χ0v) is 42.9. The number of carbonyl (C=O) groups is 1. The summed E-state index contributed by atoms with van der Waals surface area (Å²) >= 11 is 0. The molecule has 0 atom stereocenters. The van der Waals surface area contributed by atoms with Crippen LogP contribution in [0.5, 0.6) is 0 Å². The first-order chi connectivity index (χ1) is 30.1. The zero-order valence-electron chi connectivity index (χ0n) is 42.9. The first kappa shape index (κ1) is 58.4. The fourth-order valence-electron chi connectivity index (χ4n) is 9.81. The van der Waals surface area contributed by atoms with Gasteiger partial charge in [-0.05, 0) is 96.6 Å². The molecule has 0 unspecified atom stereocenters. The third-order valence-electron chi connectivity index (χ3n) is 14.3. The predicted octanol–water partition coefficient (Wildman–Crippen LogP) is 16.3. The molecule has 0 spiro atoms. The van der Waals surface area contributed by atoms with E-state index in [1.807, 2.05) is 0 Å². The lowest BCUT2D eigenvalue weighted by Crippen LogP contribution is -2.45. The van der Waals surface area contributed by atoms with Gasteiger partial charge in [0.1, 0.15) is 0 Å². The van der Waals surface area contributed by atoms with Gasteiger partial charge >= 0.3 is 0 Å². The largest absolute Gasteiger partial charge is 0.342 e. The van der Waals surface area contributed by atoms with Crippen LogP contribution in [0.4, 0.5) is 0 Å². The Bertz CT molecular complexity index is 839. The molecular formula is C56H114N4O. The Morgan fingerprint density at radius 1 is 0.344 bits per heavy atom. The molecule has 1 fully saturated rings. The van der Waals surface area contributed by atoms with Gasteiger partial charge in [-0.25, -0.2) is 0 Å². The van der Waals surface area contributed by atoms with Crippen LogP contribution in [0, 0.1) is 5.92 Å². The SMILES string of the molecule is CCCCCCCCCN(CCCCCCCCC)CCN(CCCCCCCCC)CCC1CCN(C(=O)CN(CCCCCCCCC)CCCCCCCCC)CC1. The van der Waals surface area contributed by atoms with E-state index in [2.05, 4.69) is 54.2 Å². The van der Waals surface area contributed by atoms with E-state index in [0.717, 1.165) is 32.1 Å². The minimum Gasteiger partial charge on any atom is -0.342 e. The third-order valence-corrected chi connectivity index (χ3v) is 14.3. The van der Waals surface area contributed by atoms with Crippen LogP contribution in [-0.2, 0) is 4.79 Å². The summed E-state index contributed by atoms with van der Waals surface area (Å²) in [5, 5.41) is 0. The van der Waals surface area contributed by atoms with Crippen LogP contribution in [0.25, 0.3) is 0 Å². The normalized spacial score (nSPS) is 13.8. The van der Waals surface area contributed by atoms with Crippen molar-refractivity contribution >= 4 is 5.91 Å². The molecule has 364 valence electrons. The molecular weight excluding hydrogens is 745 g/mol. The summed E-state index contributed by atoms with van der Waals surface area (Å²) < 4.78 is 0. The first-order valence-corrected chi connectivity index (χ1v) is 28.5. The van der Waals surface area contributed by atoms with E-state index in [0.29, 0.717) is 12.5 Å². The van der Waals surface area contributed by atoms with E-state index in [-0.39, 0.29) is 0 Å². The van der Waals surface area contributed by atoms with Crippen molar-refractivity contribution in [3.8, 4) is 0 Å². The highest BCUT2D eigenvalue weighted by molar-refractivity contribution is 5.78. The molecule has 1 rings (SSSR count). The van der Waals surface area contributed by atoms with Gasteiger partial charge in [-0.1, -0.05) is 227 Å². The minimum absolute atomic E-state index is 0.409. The monoisotopic (exact) mass is 859 g/mol. The molecule has 0 aromatic heterocycles. The molecule has 61 heavy (non-hydrogen) atoms. The second kappa shape index (κ2) is 45.9. The average Bonchev–Trinajstić information content (AvgIpc) is 3.27. The molecule has 0 aliphatic carbocycles.